The maximum atomic E-state index is 11.5. The van der Waals surface area contributed by atoms with Crippen LogP contribution < -0.4 is 5.32 Å². The van der Waals surface area contributed by atoms with Crippen molar-refractivity contribution in [2.75, 3.05) is 24.8 Å². The van der Waals surface area contributed by atoms with Crippen molar-refractivity contribution in [2.45, 2.75) is 0 Å². The van der Waals surface area contributed by atoms with E-state index in [1.807, 2.05) is 6.07 Å². The molecule has 0 saturated carbocycles. The normalized spacial score (nSPS) is 9.31. The molecule has 4 nitrogen and oxygen atoms in total. The van der Waals surface area contributed by atoms with E-state index in [-0.39, 0.29) is 6.03 Å². The van der Waals surface area contributed by atoms with E-state index >= 15 is 0 Å². The Balaban J connectivity index is 2.60. The van der Waals surface area contributed by atoms with E-state index in [4.69, 9.17) is 16.9 Å². The van der Waals surface area contributed by atoms with Gasteiger partial charge in [0.05, 0.1) is 11.6 Å². The van der Waals surface area contributed by atoms with Gasteiger partial charge in [0.25, 0.3) is 0 Å². The number of carbonyl (C=O) groups excluding carboxylic acids is 1. The molecule has 1 rings (SSSR count). The van der Waals surface area contributed by atoms with Crippen LogP contribution in [0.1, 0.15) is 5.56 Å². The highest BCUT2D eigenvalue weighted by atomic mass is 35.5. The van der Waals surface area contributed by atoms with E-state index in [1.165, 1.54) is 4.90 Å². The third-order valence-electron chi connectivity index (χ3n) is 2.03. The fraction of sp³-hybridized carbons (Fsp3) is 0.273. The largest absolute Gasteiger partial charge is 0.326 e. The van der Waals surface area contributed by atoms with Gasteiger partial charge in [0, 0.05) is 25.2 Å². The van der Waals surface area contributed by atoms with Crippen LogP contribution in [0, 0.1) is 11.3 Å². The van der Waals surface area contributed by atoms with E-state index in [2.05, 4.69) is 5.32 Å². The van der Waals surface area contributed by atoms with Crippen LogP contribution in [0.5, 0.6) is 0 Å². The monoisotopic (exact) mass is 237 g/mol. The summed E-state index contributed by atoms with van der Waals surface area (Å²) in [5, 5.41) is 11.3. The minimum atomic E-state index is -0.217. The number of alkyl halides is 1. The lowest BCUT2D eigenvalue weighted by Crippen LogP contribution is -2.32. The van der Waals surface area contributed by atoms with Crippen LogP contribution >= 0.6 is 11.6 Å². The number of benzene rings is 1. The summed E-state index contributed by atoms with van der Waals surface area (Å²) >= 11 is 5.53. The molecular formula is C11H12ClN3O. The zero-order valence-corrected chi connectivity index (χ0v) is 9.66. The molecule has 0 aliphatic carbocycles. The third-order valence-corrected chi connectivity index (χ3v) is 2.20. The molecular weight excluding hydrogens is 226 g/mol. The average molecular weight is 238 g/mol. The average Bonchev–Trinajstić information content (AvgIpc) is 2.30. The van der Waals surface area contributed by atoms with Crippen molar-refractivity contribution in [1.29, 1.82) is 5.26 Å². The third kappa shape index (κ3) is 3.44. The number of amides is 2. The number of nitrogens with one attached hydrogen (secondary N) is 1. The molecule has 1 aromatic rings. The molecule has 2 amide bonds. The number of nitriles is 1. The Labute approximate surface area is 99.4 Å². The molecule has 0 aromatic heterocycles. The molecule has 0 spiro atoms. The van der Waals surface area contributed by atoms with Gasteiger partial charge in [0.15, 0.2) is 0 Å². The van der Waals surface area contributed by atoms with E-state index in [0.717, 1.165) is 0 Å². The van der Waals surface area contributed by atoms with Gasteiger partial charge in [-0.2, -0.15) is 5.26 Å². The Bertz CT molecular complexity index is 397. The minimum Gasteiger partial charge on any atom is -0.326 e. The van der Waals surface area contributed by atoms with Crippen molar-refractivity contribution < 1.29 is 4.79 Å². The molecule has 0 heterocycles. The van der Waals surface area contributed by atoms with Crippen LogP contribution in [0.25, 0.3) is 0 Å². The number of anilines is 1. The highest BCUT2D eigenvalue weighted by Gasteiger charge is 2.07. The fourth-order valence-electron chi connectivity index (χ4n) is 1.08. The number of rotatable bonds is 3. The number of nitrogens with zero attached hydrogens (tertiary/aromatic N) is 2. The second kappa shape index (κ2) is 5.99. The SMILES string of the molecule is CN(CCCl)C(=O)Nc1ccc(C#N)cc1. The highest BCUT2D eigenvalue weighted by Crippen LogP contribution is 2.09. The maximum Gasteiger partial charge on any atom is 0.321 e. The molecule has 0 unspecified atom stereocenters. The molecule has 1 N–H and O–H groups in total. The Morgan fingerprint density at radius 2 is 2.12 bits per heavy atom. The van der Waals surface area contributed by atoms with Crippen LogP contribution in [-0.4, -0.2) is 30.4 Å². The van der Waals surface area contributed by atoms with Gasteiger partial charge in [-0.3, -0.25) is 0 Å². The summed E-state index contributed by atoms with van der Waals surface area (Å²) in [4.78, 5) is 13.0. The second-order valence-electron chi connectivity index (χ2n) is 3.23. The first-order valence-corrected chi connectivity index (χ1v) is 5.29. The fourth-order valence-corrected chi connectivity index (χ4v) is 1.33. The quantitative estimate of drug-likeness (QED) is 0.820. The highest BCUT2D eigenvalue weighted by molar-refractivity contribution is 6.18. The summed E-state index contributed by atoms with van der Waals surface area (Å²) < 4.78 is 0. The smallest absolute Gasteiger partial charge is 0.321 e. The molecule has 0 aliphatic heterocycles. The lowest BCUT2D eigenvalue weighted by Gasteiger charge is -2.16. The lowest BCUT2D eigenvalue weighted by molar-refractivity contribution is 0.225. The van der Waals surface area contributed by atoms with Crippen LogP contribution in [-0.2, 0) is 0 Å². The second-order valence-corrected chi connectivity index (χ2v) is 3.61. The first-order valence-electron chi connectivity index (χ1n) is 4.75. The number of halogens is 1. The Morgan fingerprint density at radius 1 is 1.50 bits per heavy atom. The maximum absolute atomic E-state index is 11.5. The van der Waals surface area contributed by atoms with Crippen LogP contribution in [0.2, 0.25) is 0 Å². The zero-order chi connectivity index (χ0) is 12.0. The Hall–Kier alpha value is -1.73. The van der Waals surface area contributed by atoms with Crippen molar-refractivity contribution in [2.24, 2.45) is 0 Å². The number of urea groups is 1. The predicted molar refractivity (Wildman–Crippen MR) is 63.5 cm³/mol. The van der Waals surface area contributed by atoms with E-state index in [1.54, 1.807) is 31.3 Å². The first-order chi connectivity index (χ1) is 7.67. The van der Waals surface area contributed by atoms with Crippen LogP contribution in [0.3, 0.4) is 0 Å². The topological polar surface area (TPSA) is 56.1 Å². The number of carbonyl (C=O) groups is 1. The summed E-state index contributed by atoms with van der Waals surface area (Å²) in [6.45, 7) is 0.490. The van der Waals surface area contributed by atoms with E-state index in [0.29, 0.717) is 23.7 Å². The van der Waals surface area contributed by atoms with Crippen molar-refractivity contribution in [3.63, 3.8) is 0 Å². The van der Waals surface area contributed by atoms with Gasteiger partial charge < -0.3 is 10.2 Å². The lowest BCUT2D eigenvalue weighted by atomic mass is 10.2. The number of hydrogen-bond donors (Lipinski definition) is 1. The zero-order valence-electron chi connectivity index (χ0n) is 8.90. The van der Waals surface area contributed by atoms with E-state index in [9.17, 15) is 4.79 Å². The van der Waals surface area contributed by atoms with Crippen molar-refractivity contribution in [3.8, 4) is 6.07 Å². The molecule has 0 aliphatic rings. The molecule has 1 aromatic carbocycles. The molecule has 16 heavy (non-hydrogen) atoms. The van der Waals surface area contributed by atoms with Gasteiger partial charge >= 0.3 is 6.03 Å². The number of hydrogen-bond acceptors (Lipinski definition) is 2. The molecule has 0 fully saturated rings. The Morgan fingerprint density at radius 3 is 2.62 bits per heavy atom. The van der Waals surface area contributed by atoms with Crippen molar-refractivity contribution in [3.05, 3.63) is 29.8 Å². The standard InChI is InChI=1S/C11H12ClN3O/c1-15(7-6-12)11(16)14-10-4-2-9(8-13)3-5-10/h2-5H,6-7H2,1H3,(H,14,16). The van der Waals surface area contributed by atoms with Gasteiger partial charge in [-0.05, 0) is 24.3 Å². The molecule has 0 atom stereocenters. The van der Waals surface area contributed by atoms with Gasteiger partial charge in [0.2, 0.25) is 0 Å². The summed E-state index contributed by atoms with van der Waals surface area (Å²) in [5.74, 6) is 0.400. The first kappa shape index (κ1) is 12.3. The van der Waals surface area contributed by atoms with Crippen LogP contribution in [0.4, 0.5) is 10.5 Å². The molecule has 0 bridgehead atoms. The molecule has 0 saturated heterocycles. The minimum absolute atomic E-state index is 0.217. The predicted octanol–water partition coefficient (Wildman–Crippen LogP) is 2.26. The van der Waals surface area contributed by atoms with Crippen molar-refractivity contribution >= 4 is 23.3 Å². The summed E-state index contributed by atoms with van der Waals surface area (Å²) in [6.07, 6.45) is 0. The van der Waals surface area contributed by atoms with E-state index < -0.39 is 0 Å². The van der Waals surface area contributed by atoms with Crippen molar-refractivity contribution in [1.82, 2.24) is 4.90 Å². The Kier molecular flexibility index (Phi) is 4.62. The van der Waals surface area contributed by atoms with Crippen LogP contribution in [0.15, 0.2) is 24.3 Å². The molecule has 84 valence electrons. The van der Waals surface area contributed by atoms with Gasteiger partial charge in [-0.15, -0.1) is 11.6 Å². The summed E-state index contributed by atoms with van der Waals surface area (Å²) in [6, 6.07) is 8.46. The molecule has 0 radical (unpaired) electrons. The van der Waals surface area contributed by atoms with Gasteiger partial charge in [0.1, 0.15) is 0 Å². The molecule has 5 heteroatoms. The van der Waals surface area contributed by atoms with Gasteiger partial charge in [-0.25, -0.2) is 4.79 Å². The summed E-state index contributed by atoms with van der Waals surface area (Å²) in [7, 11) is 1.67. The van der Waals surface area contributed by atoms with Gasteiger partial charge in [-0.1, -0.05) is 0 Å². The summed E-state index contributed by atoms with van der Waals surface area (Å²) in [5.41, 5.74) is 1.22.